The van der Waals surface area contributed by atoms with Crippen LogP contribution in [0.15, 0.2) is 47.4 Å². The molecule has 1 N–H and O–H groups in total. The molecule has 7 nitrogen and oxygen atoms in total. The Morgan fingerprint density at radius 2 is 1.90 bits per heavy atom. The van der Waals surface area contributed by atoms with Gasteiger partial charge in [0.25, 0.3) is 5.91 Å². The number of anilines is 1. The van der Waals surface area contributed by atoms with E-state index >= 15 is 0 Å². The van der Waals surface area contributed by atoms with Gasteiger partial charge in [-0.25, -0.2) is 8.42 Å². The lowest BCUT2D eigenvalue weighted by atomic mass is 10.2. The summed E-state index contributed by atoms with van der Waals surface area (Å²) in [5.74, 6) is 0.430. The smallest absolute Gasteiger partial charge is 0.265 e. The Morgan fingerprint density at radius 3 is 2.55 bits per heavy atom. The summed E-state index contributed by atoms with van der Waals surface area (Å²) in [7, 11) is -2.18. The maximum atomic E-state index is 13.0. The Morgan fingerprint density at radius 1 is 1.16 bits per heavy atom. The van der Waals surface area contributed by atoms with Crippen molar-refractivity contribution in [2.45, 2.75) is 43.6 Å². The summed E-state index contributed by atoms with van der Waals surface area (Å²) in [5, 5.41) is 3.26. The van der Waals surface area contributed by atoms with Crippen LogP contribution in [0.25, 0.3) is 0 Å². The number of sulfonamides is 1. The number of nitrogens with zero attached hydrogens (tertiary/aromatic N) is 1. The maximum Gasteiger partial charge on any atom is 0.265 e. The highest BCUT2D eigenvalue weighted by molar-refractivity contribution is 7.89. The van der Waals surface area contributed by atoms with Crippen molar-refractivity contribution in [3.63, 3.8) is 0 Å². The molecule has 0 aromatic heterocycles. The molecular formula is C22H27ClN2O5S. The highest BCUT2D eigenvalue weighted by Crippen LogP contribution is 2.30. The lowest BCUT2D eigenvalue weighted by Gasteiger charge is -2.26. The highest BCUT2D eigenvalue weighted by Gasteiger charge is 2.27. The number of hydrogen-bond donors (Lipinski definition) is 1. The zero-order valence-corrected chi connectivity index (χ0v) is 19.2. The summed E-state index contributed by atoms with van der Waals surface area (Å²) in [5.41, 5.74) is 0.277. The fraction of sp³-hybridized carbons (Fsp3) is 0.409. The molecule has 0 unspecified atom stereocenters. The molecule has 1 amide bonds. The van der Waals surface area contributed by atoms with Crippen LogP contribution >= 0.6 is 11.6 Å². The summed E-state index contributed by atoms with van der Waals surface area (Å²) in [6, 6.07) is 11.3. The molecule has 168 valence electrons. The van der Waals surface area contributed by atoms with Gasteiger partial charge in [-0.2, -0.15) is 4.31 Å². The number of hydrogen-bond acceptors (Lipinski definition) is 5. The normalized spacial score (nSPS) is 15.8. The van der Waals surface area contributed by atoms with E-state index < -0.39 is 22.0 Å². The van der Waals surface area contributed by atoms with Crippen molar-refractivity contribution in [2.24, 2.45) is 0 Å². The van der Waals surface area contributed by atoms with Crippen molar-refractivity contribution in [1.29, 1.82) is 0 Å². The van der Waals surface area contributed by atoms with Crippen LogP contribution in [0.4, 0.5) is 5.69 Å². The quantitative estimate of drug-likeness (QED) is 0.626. The number of methoxy groups -OCH3 is 1. The van der Waals surface area contributed by atoms with E-state index in [1.807, 2.05) is 6.92 Å². The second-order valence-electron chi connectivity index (χ2n) is 7.29. The second kappa shape index (κ2) is 10.3. The Kier molecular flexibility index (Phi) is 7.80. The molecule has 0 spiro atoms. The van der Waals surface area contributed by atoms with Crippen LogP contribution in [0, 0.1) is 0 Å². The van der Waals surface area contributed by atoms with Gasteiger partial charge in [-0.05, 0) is 55.7 Å². The van der Waals surface area contributed by atoms with Crippen molar-refractivity contribution in [3.05, 3.63) is 47.5 Å². The van der Waals surface area contributed by atoms with Gasteiger partial charge >= 0.3 is 0 Å². The molecule has 1 fully saturated rings. The first-order valence-corrected chi connectivity index (χ1v) is 12.1. The average Bonchev–Trinajstić information content (AvgIpc) is 2.78. The number of carbonyl (C=O) groups is 1. The molecule has 31 heavy (non-hydrogen) atoms. The summed E-state index contributed by atoms with van der Waals surface area (Å²) in [6.07, 6.45) is 2.34. The minimum Gasteiger partial charge on any atom is -0.495 e. The minimum atomic E-state index is -3.64. The monoisotopic (exact) mass is 466 g/mol. The maximum absolute atomic E-state index is 13.0. The van der Waals surface area contributed by atoms with Gasteiger partial charge in [-0.3, -0.25) is 4.79 Å². The predicted molar refractivity (Wildman–Crippen MR) is 120 cm³/mol. The number of ether oxygens (including phenoxy) is 2. The van der Waals surface area contributed by atoms with Crippen molar-refractivity contribution in [3.8, 4) is 11.5 Å². The molecule has 3 rings (SSSR count). The van der Waals surface area contributed by atoms with Crippen LogP contribution in [-0.2, 0) is 14.8 Å². The Balaban J connectivity index is 1.82. The molecule has 2 aromatic rings. The lowest BCUT2D eigenvalue weighted by molar-refractivity contribution is -0.122. The minimum absolute atomic E-state index is 0.120. The molecule has 1 aliphatic rings. The fourth-order valence-corrected chi connectivity index (χ4v) is 5.16. The SMILES string of the molecule is CC[C@H](Oc1cccc(Cl)c1)C(=O)Nc1cc(S(=O)(=O)N2CCCCC2)ccc1OC. The van der Waals surface area contributed by atoms with E-state index in [0.717, 1.165) is 19.3 Å². The summed E-state index contributed by atoms with van der Waals surface area (Å²) >= 11 is 5.99. The summed E-state index contributed by atoms with van der Waals surface area (Å²) < 4.78 is 38.6. The number of piperidine rings is 1. The van der Waals surface area contributed by atoms with Gasteiger partial charge in [0.1, 0.15) is 11.5 Å². The summed E-state index contributed by atoms with van der Waals surface area (Å²) in [6.45, 7) is 2.83. The Hall–Kier alpha value is -2.29. The van der Waals surface area contributed by atoms with Crippen molar-refractivity contribution in [1.82, 2.24) is 4.31 Å². The molecular weight excluding hydrogens is 440 g/mol. The van der Waals surface area contributed by atoms with E-state index in [2.05, 4.69) is 5.32 Å². The van der Waals surface area contributed by atoms with Gasteiger partial charge < -0.3 is 14.8 Å². The molecule has 0 saturated carbocycles. The first kappa shape index (κ1) is 23.4. The zero-order valence-electron chi connectivity index (χ0n) is 17.6. The standard InChI is InChI=1S/C22H27ClN2O5S/c1-3-20(30-17-9-7-8-16(23)14-17)22(26)24-19-15-18(10-11-21(19)29-2)31(27,28)25-12-5-4-6-13-25/h7-11,14-15,20H,3-6,12-13H2,1-2H3,(H,24,26)/t20-/m0/s1. The molecule has 1 heterocycles. The Bertz CT molecular complexity index is 1020. The van der Waals surface area contributed by atoms with Gasteiger partial charge in [0.2, 0.25) is 10.0 Å². The molecule has 1 saturated heterocycles. The average molecular weight is 467 g/mol. The van der Waals surface area contributed by atoms with Gasteiger partial charge in [0.05, 0.1) is 17.7 Å². The zero-order chi connectivity index (χ0) is 22.4. The third kappa shape index (κ3) is 5.70. The van der Waals surface area contributed by atoms with Crippen molar-refractivity contribution in [2.75, 3.05) is 25.5 Å². The third-order valence-electron chi connectivity index (χ3n) is 5.12. The van der Waals surface area contributed by atoms with Crippen LogP contribution in [0.3, 0.4) is 0 Å². The van der Waals surface area contributed by atoms with Crippen LogP contribution in [-0.4, -0.2) is 44.9 Å². The highest BCUT2D eigenvalue weighted by atomic mass is 35.5. The van der Waals surface area contributed by atoms with Crippen LogP contribution < -0.4 is 14.8 Å². The van der Waals surface area contributed by atoms with E-state index in [9.17, 15) is 13.2 Å². The van der Waals surface area contributed by atoms with Crippen molar-refractivity contribution >= 4 is 33.2 Å². The van der Waals surface area contributed by atoms with Gasteiger partial charge in [0, 0.05) is 18.1 Å². The van der Waals surface area contributed by atoms with Gasteiger partial charge in [0.15, 0.2) is 6.10 Å². The van der Waals surface area contributed by atoms with Crippen molar-refractivity contribution < 1.29 is 22.7 Å². The molecule has 1 atom stereocenters. The number of amides is 1. The second-order valence-corrected chi connectivity index (χ2v) is 9.66. The Labute approximate surface area is 188 Å². The van der Waals surface area contributed by atoms with E-state index in [0.29, 0.717) is 36.0 Å². The molecule has 2 aromatic carbocycles. The number of rotatable bonds is 8. The first-order chi connectivity index (χ1) is 14.8. The number of nitrogens with one attached hydrogen (secondary N) is 1. The molecule has 1 aliphatic heterocycles. The first-order valence-electron chi connectivity index (χ1n) is 10.3. The molecule has 0 aliphatic carbocycles. The predicted octanol–water partition coefficient (Wildman–Crippen LogP) is 4.32. The topological polar surface area (TPSA) is 84.9 Å². The van der Waals surface area contributed by atoms with E-state index in [1.165, 1.54) is 23.5 Å². The summed E-state index contributed by atoms with van der Waals surface area (Å²) in [4.78, 5) is 13.0. The lowest BCUT2D eigenvalue weighted by Crippen LogP contribution is -2.35. The number of halogens is 1. The molecule has 0 radical (unpaired) electrons. The molecule has 0 bridgehead atoms. The van der Waals surface area contributed by atoms with Crippen LogP contribution in [0.1, 0.15) is 32.6 Å². The number of benzene rings is 2. The largest absolute Gasteiger partial charge is 0.495 e. The van der Waals surface area contributed by atoms with Crippen LogP contribution in [0.5, 0.6) is 11.5 Å². The molecule has 9 heteroatoms. The van der Waals surface area contributed by atoms with Gasteiger partial charge in [-0.1, -0.05) is 31.0 Å². The van der Waals surface area contributed by atoms with E-state index in [4.69, 9.17) is 21.1 Å². The third-order valence-corrected chi connectivity index (χ3v) is 7.25. The van der Waals surface area contributed by atoms with Crippen LogP contribution in [0.2, 0.25) is 5.02 Å². The van der Waals surface area contributed by atoms with E-state index in [-0.39, 0.29) is 10.6 Å². The van der Waals surface area contributed by atoms with E-state index in [1.54, 1.807) is 30.3 Å². The van der Waals surface area contributed by atoms with Gasteiger partial charge in [-0.15, -0.1) is 0 Å². The fourth-order valence-electron chi connectivity index (χ4n) is 3.44. The number of carbonyl (C=O) groups excluding carboxylic acids is 1.